The summed E-state index contributed by atoms with van der Waals surface area (Å²) in [6.07, 6.45) is 3.72. The highest BCUT2D eigenvalue weighted by molar-refractivity contribution is 5.97. The van der Waals surface area contributed by atoms with Gasteiger partial charge in [-0.15, -0.1) is 0 Å². The Morgan fingerprint density at radius 2 is 2.05 bits per heavy atom. The summed E-state index contributed by atoms with van der Waals surface area (Å²) >= 11 is 0. The third-order valence-electron chi connectivity index (χ3n) is 3.86. The first-order valence-electron chi connectivity index (χ1n) is 7.37. The third-order valence-corrected chi connectivity index (χ3v) is 3.86. The molecule has 1 aliphatic carbocycles. The maximum atomic E-state index is 12.5. The molecule has 0 spiro atoms. The molecule has 2 amide bonds. The quantitative estimate of drug-likeness (QED) is 0.699. The minimum atomic E-state index is -0.312. The van der Waals surface area contributed by atoms with E-state index in [1.165, 1.54) is 0 Å². The number of nitrogens with zero attached hydrogens (tertiary/aromatic N) is 1. The molecule has 0 radical (unpaired) electrons. The van der Waals surface area contributed by atoms with Crippen molar-refractivity contribution in [2.45, 2.75) is 51.6 Å². The summed E-state index contributed by atoms with van der Waals surface area (Å²) in [4.78, 5) is 26.4. The zero-order valence-corrected chi connectivity index (χ0v) is 11.9. The Labute approximate surface area is 114 Å². The van der Waals surface area contributed by atoms with E-state index in [1.54, 1.807) is 4.90 Å². The summed E-state index contributed by atoms with van der Waals surface area (Å²) < 4.78 is 5.33. The van der Waals surface area contributed by atoms with Crippen LogP contribution in [0.5, 0.6) is 0 Å². The number of carbonyl (C=O) groups excluding carboxylic acids is 2. The second kappa shape index (κ2) is 6.37. The molecule has 2 atom stereocenters. The van der Waals surface area contributed by atoms with Gasteiger partial charge in [0, 0.05) is 13.2 Å². The molecule has 1 heterocycles. The highest BCUT2D eigenvalue weighted by Crippen LogP contribution is 2.35. The second-order valence-electron chi connectivity index (χ2n) is 5.36. The molecule has 1 saturated carbocycles. The van der Waals surface area contributed by atoms with Crippen molar-refractivity contribution in [3.63, 3.8) is 0 Å². The van der Waals surface area contributed by atoms with E-state index >= 15 is 0 Å². The minimum Gasteiger partial charge on any atom is -0.380 e. The van der Waals surface area contributed by atoms with Crippen LogP contribution in [0.15, 0.2) is 0 Å². The van der Waals surface area contributed by atoms with Gasteiger partial charge in [0.25, 0.3) is 0 Å². The molecule has 2 unspecified atom stereocenters. The SMILES string of the molecule is CCCC1C(=O)NC(C2CC2)C(=O)N1CCOCC. The number of nitrogens with one attached hydrogen (secondary N) is 1. The molecule has 0 aromatic carbocycles. The van der Waals surface area contributed by atoms with Crippen molar-refractivity contribution in [3.8, 4) is 0 Å². The smallest absolute Gasteiger partial charge is 0.246 e. The fourth-order valence-electron chi connectivity index (χ4n) is 2.67. The normalized spacial score (nSPS) is 27.6. The van der Waals surface area contributed by atoms with Gasteiger partial charge in [-0.3, -0.25) is 9.59 Å². The van der Waals surface area contributed by atoms with Crippen LogP contribution in [-0.4, -0.2) is 48.6 Å². The Bertz CT molecular complexity index is 342. The lowest BCUT2D eigenvalue weighted by atomic mass is 10.0. The van der Waals surface area contributed by atoms with Gasteiger partial charge < -0.3 is 15.0 Å². The second-order valence-corrected chi connectivity index (χ2v) is 5.36. The van der Waals surface area contributed by atoms with Crippen molar-refractivity contribution in [1.82, 2.24) is 10.2 Å². The van der Waals surface area contributed by atoms with Crippen molar-refractivity contribution in [2.75, 3.05) is 19.8 Å². The largest absolute Gasteiger partial charge is 0.380 e. The molecular formula is C14H24N2O3. The van der Waals surface area contributed by atoms with Crippen LogP contribution < -0.4 is 5.32 Å². The first-order valence-corrected chi connectivity index (χ1v) is 7.37. The van der Waals surface area contributed by atoms with E-state index in [0.29, 0.717) is 25.7 Å². The van der Waals surface area contributed by atoms with Crippen molar-refractivity contribution in [3.05, 3.63) is 0 Å². The van der Waals surface area contributed by atoms with E-state index in [0.717, 1.165) is 25.7 Å². The van der Waals surface area contributed by atoms with Crippen LogP contribution in [0, 0.1) is 5.92 Å². The number of piperazine rings is 1. The summed E-state index contributed by atoms with van der Waals surface area (Å²) in [6.45, 7) is 5.63. The lowest BCUT2D eigenvalue weighted by molar-refractivity contribution is -0.151. The average Bonchev–Trinajstić information content (AvgIpc) is 3.21. The van der Waals surface area contributed by atoms with Crippen LogP contribution >= 0.6 is 0 Å². The minimum absolute atomic E-state index is 0.00912. The van der Waals surface area contributed by atoms with Crippen molar-refractivity contribution in [2.24, 2.45) is 5.92 Å². The van der Waals surface area contributed by atoms with Crippen LogP contribution in [0.2, 0.25) is 0 Å². The van der Waals surface area contributed by atoms with Gasteiger partial charge in [0.05, 0.1) is 6.61 Å². The van der Waals surface area contributed by atoms with Gasteiger partial charge >= 0.3 is 0 Å². The van der Waals surface area contributed by atoms with E-state index < -0.39 is 0 Å². The summed E-state index contributed by atoms with van der Waals surface area (Å²) in [6, 6.07) is -0.602. The molecule has 5 nitrogen and oxygen atoms in total. The van der Waals surface area contributed by atoms with E-state index in [1.807, 2.05) is 13.8 Å². The Balaban J connectivity index is 2.04. The van der Waals surface area contributed by atoms with Crippen LogP contribution in [0.1, 0.15) is 39.5 Å². The van der Waals surface area contributed by atoms with Gasteiger partial charge in [-0.2, -0.15) is 0 Å². The van der Waals surface area contributed by atoms with Crippen LogP contribution in [-0.2, 0) is 14.3 Å². The van der Waals surface area contributed by atoms with Gasteiger partial charge in [-0.1, -0.05) is 13.3 Å². The lowest BCUT2D eigenvalue weighted by Crippen LogP contribution is -2.64. The maximum absolute atomic E-state index is 12.5. The van der Waals surface area contributed by atoms with Crippen molar-refractivity contribution < 1.29 is 14.3 Å². The molecule has 2 aliphatic rings. The maximum Gasteiger partial charge on any atom is 0.246 e. The van der Waals surface area contributed by atoms with Gasteiger partial charge in [0.15, 0.2) is 0 Å². The van der Waals surface area contributed by atoms with Gasteiger partial charge in [0.1, 0.15) is 12.1 Å². The molecule has 19 heavy (non-hydrogen) atoms. The van der Waals surface area contributed by atoms with Gasteiger partial charge in [0.2, 0.25) is 11.8 Å². The zero-order valence-electron chi connectivity index (χ0n) is 11.9. The van der Waals surface area contributed by atoms with E-state index in [-0.39, 0.29) is 23.9 Å². The molecule has 1 aliphatic heterocycles. The van der Waals surface area contributed by atoms with Crippen LogP contribution in [0.3, 0.4) is 0 Å². The average molecular weight is 268 g/mol. The van der Waals surface area contributed by atoms with Crippen LogP contribution in [0.4, 0.5) is 0 Å². The molecule has 0 bridgehead atoms. The Hall–Kier alpha value is -1.10. The standard InChI is InChI=1S/C14H24N2O3/c1-3-5-11-13(17)15-12(10-6-7-10)14(18)16(11)8-9-19-4-2/h10-12H,3-9H2,1-2H3,(H,15,17). The molecule has 1 saturated heterocycles. The topological polar surface area (TPSA) is 58.6 Å². The summed E-state index contributed by atoms with van der Waals surface area (Å²) in [7, 11) is 0. The van der Waals surface area contributed by atoms with E-state index in [9.17, 15) is 9.59 Å². The van der Waals surface area contributed by atoms with Gasteiger partial charge in [-0.25, -0.2) is 0 Å². The number of hydrogen-bond donors (Lipinski definition) is 1. The lowest BCUT2D eigenvalue weighted by Gasteiger charge is -2.39. The Kier molecular flexibility index (Phi) is 4.80. The molecule has 1 N–H and O–H groups in total. The molecule has 5 heteroatoms. The first kappa shape index (κ1) is 14.3. The Morgan fingerprint density at radius 1 is 1.32 bits per heavy atom. The fraction of sp³-hybridized carbons (Fsp3) is 0.857. The van der Waals surface area contributed by atoms with Crippen molar-refractivity contribution >= 4 is 11.8 Å². The van der Waals surface area contributed by atoms with E-state index in [4.69, 9.17) is 4.74 Å². The number of rotatable bonds is 7. The highest BCUT2D eigenvalue weighted by atomic mass is 16.5. The molecule has 2 fully saturated rings. The first-order chi connectivity index (χ1) is 9.19. The van der Waals surface area contributed by atoms with Crippen molar-refractivity contribution in [1.29, 1.82) is 0 Å². The molecule has 108 valence electrons. The summed E-state index contributed by atoms with van der Waals surface area (Å²) in [5.74, 6) is 0.448. The molecule has 0 aromatic heterocycles. The van der Waals surface area contributed by atoms with E-state index in [2.05, 4.69) is 5.32 Å². The predicted octanol–water partition coefficient (Wildman–Crippen LogP) is 0.929. The monoisotopic (exact) mass is 268 g/mol. The fourth-order valence-corrected chi connectivity index (χ4v) is 2.67. The Morgan fingerprint density at radius 3 is 2.63 bits per heavy atom. The summed E-state index contributed by atoms with van der Waals surface area (Å²) in [5, 5.41) is 2.91. The van der Waals surface area contributed by atoms with Crippen LogP contribution in [0.25, 0.3) is 0 Å². The predicted molar refractivity (Wildman–Crippen MR) is 71.6 cm³/mol. The molecule has 2 rings (SSSR count). The summed E-state index contributed by atoms with van der Waals surface area (Å²) in [5.41, 5.74) is 0. The molecule has 0 aromatic rings. The number of amides is 2. The third kappa shape index (κ3) is 3.26. The number of hydrogen-bond acceptors (Lipinski definition) is 3. The molecular weight excluding hydrogens is 244 g/mol. The number of carbonyl (C=O) groups is 2. The van der Waals surface area contributed by atoms with Gasteiger partial charge in [-0.05, 0) is 32.1 Å². The highest BCUT2D eigenvalue weighted by Gasteiger charge is 2.46. The number of ether oxygens (including phenoxy) is 1. The zero-order chi connectivity index (χ0) is 13.8.